The molecule has 0 fully saturated rings. The summed E-state index contributed by atoms with van der Waals surface area (Å²) in [6.45, 7) is 5.09. The van der Waals surface area contributed by atoms with Gasteiger partial charge in [0.1, 0.15) is 4.34 Å². The van der Waals surface area contributed by atoms with Gasteiger partial charge in [0.25, 0.3) is 5.91 Å². The average Bonchev–Trinajstić information content (AvgIpc) is 2.79. The van der Waals surface area contributed by atoms with Crippen LogP contribution in [0.4, 0.5) is 0 Å². The van der Waals surface area contributed by atoms with Crippen LogP contribution >= 0.6 is 34.5 Å². The first-order chi connectivity index (χ1) is 10.4. The molecule has 0 saturated heterocycles. The molecular formula is C14H19Cl2NO4S. The van der Waals surface area contributed by atoms with E-state index in [0.717, 1.165) is 11.3 Å². The van der Waals surface area contributed by atoms with E-state index in [9.17, 15) is 9.59 Å². The predicted molar refractivity (Wildman–Crippen MR) is 88.2 cm³/mol. The molecule has 0 aliphatic heterocycles. The number of carboxylic acids is 1. The first-order valence-electron chi connectivity index (χ1n) is 6.91. The number of halogens is 2. The highest BCUT2D eigenvalue weighted by Gasteiger charge is 2.24. The van der Waals surface area contributed by atoms with Crippen molar-refractivity contribution in [1.29, 1.82) is 0 Å². The summed E-state index contributed by atoms with van der Waals surface area (Å²) in [6.07, 6.45) is 0.626. The molecule has 22 heavy (non-hydrogen) atoms. The number of rotatable bonds is 9. The lowest BCUT2D eigenvalue weighted by Crippen LogP contribution is -2.38. The number of nitrogens with zero attached hydrogens (tertiary/aromatic N) is 1. The van der Waals surface area contributed by atoms with Crippen LogP contribution in [0.15, 0.2) is 6.07 Å². The molecule has 0 aliphatic carbocycles. The number of carbonyl (C=O) groups is 2. The van der Waals surface area contributed by atoms with Gasteiger partial charge < -0.3 is 14.7 Å². The Balaban J connectivity index is 2.80. The quantitative estimate of drug-likeness (QED) is 0.676. The number of amides is 1. The molecule has 0 aliphatic rings. The molecule has 0 radical (unpaired) electrons. The highest BCUT2D eigenvalue weighted by Crippen LogP contribution is 2.32. The highest BCUT2D eigenvalue weighted by atomic mass is 35.5. The molecule has 8 heteroatoms. The van der Waals surface area contributed by atoms with Crippen LogP contribution in [0.25, 0.3) is 0 Å². The Morgan fingerprint density at radius 2 is 2.14 bits per heavy atom. The van der Waals surface area contributed by atoms with E-state index in [1.165, 1.54) is 11.0 Å². The van der Waals surface area contributed by atoms with Crippen LogP contribution in [0, 0.1) is 5.92 Å². The van der Waals surface area contributed by atoms with Gasteiger partial charge in [-0.15, -0.1) is 11.3 Å². The Morgan fingerprint density at radius 3 is 2.64 bits per heavy atom. The summed E-state index contributed by atoms with van der Waals surface area (Å²) < 4.78 is 5.99. The van der Waals surface area contributed by atoms with Gasteiger partial charge in [0, 0.05) is 26.3 Å². The van der Waals surface area contributed by atoms with Crippen molar-refractivity contribution in [2.75, 3.05) is 26.3 Å². The molecule has 0 saturated carbocycles. The maximum absolute atomic E-state index is 12.6. The van der Waals surface area contributed by atoms with Gasteiger partial charge in [-0.2, -0.15) is 0 Å². The third-order valence-corrected chi connectivity index (χ3v) is 4.50. The monoisotopic (exact) mass is 367 g/mol. The van der Waals surface area contributed by atoms with Gasteiger partial charge in [-0.3, -0.25) is 9.59 Å². The van der Waals surface area contributed by atoms with Gasteiger partial charge in [0.05, 0.1) is 15.8 Å². The third kappa shape index (κ3) is 5.76. The molecule has 0 bridgehead atoms. The van der Waals surface area contributed by atoms with Crippen LogP contribution in [-0.4, -0.2) is 48.2 Å². The lowest BCUT2D eigenvalue weighted by molar-refractivity contribution is -0.141. The largest absolute Gasteiger partial charge is 0.481 e. The third-order valence-electron chi connectivity index (χ3n) is 3.01. The SMILES string of the molecule is CCOCCCN(CC(C)C(=O)O)C(=O)c1cc(Cl)sc1Cl. The molecule has 1 heterocycles. The van der Waals surface area contributed by atoms with Crippen molar-refractivity contribution in [3.8, 4) is 0 Å². The van der Waals surface area contributed by atoms with E-state index >= 15 is 0 Å². The molecule has 1 amide bonds. The van der Waals surface area contributed by atoms with E-state index in [-0.39, 0.29) is 12.5 Å². The molecule has 124 valence electrons. The van der Waals surface area contributed by atoms with E-state index in [4.69, 9.17) is 33.0 Å². The van der Waals surface area contributed by atoms with E-state index in [2.05, 4.69) is 0 Å². The molecule has 1 aromatic rings. The number of thiophene rings is 1. The van der Waals surface area contributed by atoms with Crippen molar-refractivity contribution < 1.29 is 19.4 Å². The molecule has 0 spiro atoms. The van der Waals surface area contributed by atoms with Crippen LogP contribution in [0.2, 0.25) is 8.67 Å². The summed E-state index contributed by atoms with van der Waals surface area (Å²) >= 11 is 13.0. The molecule has 0 aromatic carbocycles. The minimum atomic E-state index is -0.947. The number of hydrogen-bond donors (Lipinski definition) is 1. The number of ether oxygens (including phenoxy) is 1. The minimum Gasteiger partial charge on any atom is -0.481 e. The fraction of sp³-hybridized carbons (Fsp3) is 0.571. The van der Waals surface area contributed by atoms with Crippen LogP contribution in [-0.2, 0) is 9.53 Å². The van der Waals surface area contributed by atoms with Gasteiger partial charge in [0.15, 0.2) is 0 Å². The Labute approximate surface area is 143 Å². The molecule has 1 rings (SSSR count). The molecule has 1 atom stereocenters. The standard InChI is InChI=1S/C14H19Cl2NO4S/c1-3-21-6-4-5-17(8-9(2)14(19)20)13(18)10-7-11(15)22-12(10)16/h7,9H,3-6,8H2,1-2H3,(H,19,20). The summed E-state index contributed by atoms with van der Waals surface area (Å²) in [5.74, 6) is -1.92. The number of carboxylic acid groups (broad SMARTS) is 1. The molecule has 1 aromatic heterocycles. The average molecular weight is 368 g/mol. The summed E-state index contributed by atoms with van der Waals surface area (Å²) in [5, 5.41) is 9.04. The smallest absolute Gasteiger partial charge is 0.308 e. The van der Waals surface area contributed by atoms with Crippen LogP contribution < -0.4 is 0 Å². The minimum absolute atomic E-state index is 0.115. The Kier molecular flexibility index (Phi) is 8.17. The van der Waals surface area contributed by atoms with Crippen molar-refractivity contribution in [2.45, 2.75) is 20.3 Å². The predicted octanol–water partition coefficient (Wildman–Crippen LogP) is 3.64. The second-order valence-electron chi connectivity index (χ2n) is 4.78. The van der Waals surface area contributed by atoms with E-state index in [1.54, 1.807) is 6.92 Å². The van der Waals surface area contributed by atoms with Gasteiger partial charge >= 0.3 is 5.97 Å². The maximum Gasteiger partial charge on any atom is 0.308 e. The number of carbonyl (C=O) groups excluding carboxylic acids is 1. The lowest BCUT2D eigenvalue weighted by atomic mass is 10.1. The number of aliphatic carboxylic acids is 1. The zero-order valence-corrected chi connectivity index (χ0v) is 14.8. The van der Waals surface area contributed by atoms with Gasteiger partial charge in [0.2, 0.25) is 0 Å². The topological polar surface area (TPSA) is 66.8 Å². The second kappa shape index (κ2) is 9.35. The molecule has 5 nitrogen and oxygen atoms in total. The van der Waals surface area contributed by atoms with Crippen LogP contribution in [0.5, 0.6) is 0 Å². The van der Waals surface area contributed by atoms with Gasteiger partial charge in [-0.1, -0.05) is 30.1 Å². The molecular weight excluding hydrogens is 349 g/mol. The Morgan fingerprint density at radius 1 is 1.45 bits per heavy atom. The summed E-state index contributed by atoms with van der Waals surface area (Å²) in [4.78, 5) is 25.1. The van der Waals surface area contributed by atoms with E-state index in [0.29, 0.717) is 40.4 Å². The zero-order valence-electron chi connectivity index (χ0n) is 12.5. The maximum atomic E-state index is 12.6. The lowest BCUT2D eigenvalue weighted by Gasteiger charge is -2.24. The van der Waals surface area contributed by atoms with E-state index in [1.807, 2.05) is 6.92 Å². The highest BCUT2D eigenvalue weighted by molar-refractivity contribution is 7.20. The fourth-order valence-corrected chi connectivity index (χ4v) is 3.29. The Hall–Kier alpha value is -0.820. The number of hydrogen-bond acceptors (Lipinski definition) is 4. The fourth-order valence-electron chi connectivity index (χ4n) is 1.84. The first kappa shape index (κ1) is 19.2. The zero-order chi connectivity index (χ0) is 16.7. The first-order valence-corrected chi connectivity index (χ1v) is 8.48. The van der Waals surface area contributed by atoms with Crippen molar-refractivity contribution in [3.63, 3.8) is 0 Å². The van der Waals surface area contributed by atoms with Crippen molar-refractivity contribution >= 4 is 46.4 Å². The van der Waals surface area contributed by atoms with Gasteiger partial charge in [-0.05, 0) is 19.4 Å². The van der Waals surface area contributed by atoms with Crippen molar-refractivity contribution in [1.82, 2.24) is 4.90 Å². The van der Waals surface area contributed by atoms with Crippen molar-refractivity contribution in [2.24, 2.45) is 5.92 Å². The second-order valence-corrected chi connectivity index (χ2v) is 7.06. The normalized spacial score (nSPS) is 12.2. The van der Waals surface area contributed by atoms with Crippen molar-refractivity contribution in [3.05, 3.63) is 20.3 Å². The van der Waals surface area contributed by atoms with Gasteiger partial charge in [-0.25, -0.2) is 0 Å². The van der Waals surface area contributed by atoms with Crippen LogP contribution in [0.1, 0.15) is 30.6 Å². The molecule has 1 unspecified atom stereocenters. The summed E-state index contributed by atoms with van der Waals surface area (Å²) in [6, 6.07) is 1.51. The van der Waals surface area contributed by atoms with Crippen LogP contribution in [0.3, 0.4) is 0 Å². The summed E-state index contributed by atoms with van der Waals surface area (Å²) in [5.41, 5.74) is 0.311. The Bertz CT molecular complexity index is 521. The van der Waals surface area contributed by atoms with E-state index < -0.39 is 11.9 Å². The summed E-state index contributed by atoms with van der Waals surface area (Å²) in [7, 11) is 0. The molecule has 1 N–H and O–H groups in total.